The molecule has 0 saturated carbocycles. The summed E-state index contributed by atoms with van der Waals surface area (Å²) in [4.78, 5) is 19.6. The smallest absolute Gasteiger partial charge is 0.319 e. The van der Waals surface area contributed by atoms with Crippen LogP contribution in [-0.2, 0) is 6.54 Å². The maximum atomic E-state index is 13.4. The molecule has 0 bridgehead atoms. The van der Waals surface area contributed by atoms with Crippen LogP contribution in [0.1, 0.15) is 11.4 Å². The highest BCUT2D eigenvalue weighted by atomic mass is 19.2. The van der Waals surface area contributed by atoms with Crippen LogP contribution >= 0.6 is 0 Å². The van der Waals surface area contributed by atoms with Crippen molar-refractivity contribution in [2.45, 2.75) is 13.5 Å². The Morgan fingerprint density at radius 2 is 1.90 bits per heavy atom. The third kappa shape index (κ3) is 3.68. The molecule has 0 atom stereocenters. The van der Waals surface area contributed by atoms with Crippen molar-refractivity contribution in [3.63, 3.8) is 0 Å². The second-order valence-electron chi connectivity index (χ2n) is 4.18. The van der Waals surface area contributed by atoms with Gasteiger partial charge in [0.05, 0.1) is 29.8 Å². The van der Waals surface area contributed by atoms with Gasteiger partial charge in [0.1, 0.15) is 0 Å². The maximum absolute atomic E-state index is 13.4. The number of nitrogens with zero attached hydrogens (tertiary/aromatic N) is 2. The van der Waals surface area contributed by atoms with E-state index in [1.54, 1.807) is 6.92 Å². The molecule has 2 N–H and O–H groups in total. The van der Waals surface area contributed by atoms with Crippen molar-refractivity contribution < 1.29 is 18.0 Å². The van der Waals surface area contributed by atoms with Gasteiger partial charge < -0.3 is 10.6 Å². The number of nitrogens with one attached hydrogen (secondary N) is 2. The number of halogens is 3. The number of hydrogen-bond donors (Lipinski definition) is 2. The zero-order valence-electron chi connectivity index (χ0n) is 11.0. The van der Waals surface area contributed by atoms with Crippen molar-refractivity contribution in [3.8, 4) is 0 Å². The predicted molar refractivity (Wildman–Crippen MR) is 68.9 cm³/mol. The van der Waals surface area contributed by atoms with Gasteiger partial charge in [0.25, 0.3) is 0 Å². The summed E-state index contributed by atoms with van der Waals surface area (Å²) in [6.07, 6.45) is 3.01. The Bertz CT molecular complexity index is 661. The predicted octanol–water partition coefficient (Wildman–Crippen LogP) is 2.52. The van der Waals surface area contributed by atoms with E-state index in [0.29, 0.717) is 5.69 Å². The number of anilines is 1. The first-order valence-electron chi connectivity index (χ1n) is 5.93. The maximum Gasteiger partial charge on any atom is 0.319 e. The molecule has 2 aromatic rings. The highest BCUT2D eigenvalue weighted by Crippen LogP contribution is 2.19. The fourth-order valence-corrected chi connectivity index (χ4v) is 1.47. The Balaban J connectivity index is 1.96. The molecular formula is C13H11F3N4O. The van der Waals surface area contributed by atoms with Gasteiger partial charge in [0.2, 0.25) is 0 Å². The summed E-state index contributed by atoms with van der Waals surface area (Å²) in [6, 6.07) is 0.876. The summed E-state index contributed by atoms with van der Waals surface area (Å²) in [5, 5.41) is 4.47. The van der Waals surface area contributed by atoms with Crippen molar-refractivity contribution in [3.05, 3.63) is 53.4 Å². The van der Waals surface area contributed by atoms with Crippen LogP contribution in [-0.4, -0.2) is 16.0 Å². The second-order valence-corrected chi connectivity index (χ2v) is 4.18. The Kier molecular flexibility index (Phi) is 4.36. The van der Waals surface area contributed by atoms with E-state index in [1.807, 2.05) is 0 Å². The summed E-state index contributed by atoms with van der Waals surface area (Å²) < 4.78 is 39.1. The lowest BCUT2D eigenvalue weighted by atomic mass is 10.3. The minimum Gasteiger partial charge on any atom is -0.332 e. The summed E-state index contributed by atoms with van der Waals surface area (Å²) in [5.41, 5.74) is 0.773. The van der Waals surface area contributed by atoms with Gasteiger partial charge >= 0.3 is 6.03 Å². The van der Waals surface area contributed by atoms with Gasteiger partial charge in [-0.15, -0.1) is 0 Å². The monoisotopic (exact) mass is 296 g/mol. The van der Waals surface area contributed by atoms with Crippen molar-refractivity contribution in [2.24, 2.45) is 0 Å². The van der Waals surface area contributed by atoms with Crippen LogP contribution in [0.5, 0.6) is 0 Å². The van der Waals surface area contributed by atoms with Crippen LogP contribution in [0.3, 0.4) is 0 Å². The number of aromatic nitrogens is 2. The largest absolute Gasteiger partial charge is 0.332 e. The highest BCUT2D eigenvalue weighted by molar-refractivity contribution is 5.89. The summed E-state index contributed by atoms with van der Waals surface area (Å²) in [6.45, 7) is 1.83. The summed E-state index contributed by atoms with van der Waals surface area (Å²) in [7, 11) is 0. The third-order valence-electron chi connectivity index (χ3n) is 2.55. The Morgan fingerprint density at radius 1 is 1.14 bits per heavy atom. The zero-order valence-corrected chi connectivity index (χ0v) is 11.0. The van der Waals surface area contributed by atoms with Gasteiger partial charge in [-0.2, -0.15) is 0 Å². The van der Waals surface area contributed by atoms with Gasteiger partial charge in [0, 0.05) is 6.20 Å². The average molecular weight is 296 g/mol. The first kappa shape index (κ1) is 14.8. The van der Waals surface area contributed by atoms with E-state index in [4.69, 9.17) is 0 Å². The van der Waals surface area contributed by atoms with Crippen LogP contribution in [0.4, 0.5) is 23.7 Å². The summed E-state index contributed by atoms with van der Waals surface area (Å²) >= 11 is 0. The molecule has 2 amide bonds. The van der Waals surface area contributed by atoms with Gasteiger partial charge in [-0.1, -0.05) is 0 Å². The SMILES string of the molecule is Cc1cnc(CNC(=O)Nc2ccc(F)c(F)c2F)cn1. The van der Waals surface area contributed by atoms with Crippen LogP contribution < -0.4 is 10.6 Å². The fraction of sp³-hybridized carbons (Fsp3) is 0.154. The molecule has 110 valence electrons. The van der Waals surface area contributed by atoms with Gasteiger partial charge in [0.15, 0.2) is 17.5 Å². The second kappa shape index (κ2) is 6.21. The van der Waals surface area contributed by atoms with Crippen LogP contribution in [0.2, 0.25) is 0 Å². The molecule has 0 aliphatic carbocycles. The normalized spacial score (nSPS) is 10.3. The number of carbonyl (C=O) groups is 1. The van der Waals surface area contributed by atoms with Gasteiger partial charge in [-0.05, 0) is 19.1 Å². The lowest BCUT2D eigenvalue weighted by Gasteiger charge is -2.08. The molecule has 1 aromatic carbocycles. The molecule has 1 aromatic heterocycles. The first-order valence-corrected chi connectivity index (χ1v) is 5.93. The number of amides is 2. The molecule has 0 aliphatic heterocycles. The standard InChI is InChI=1S/C13H11F3N4O/c1-7-4-18-8(5-17-7)6-19-13(21)20-10-3-2-9(14)11(15)12(10)16/h2-5H,6H2,1H3,(H2,19,20,21). The van der Waals surface area contributed by atoms with Crippen molar-refractivity contribution in [1.29, 1.82) is 0 Å². The zero-order chi connectivity index (χ0) is 15.4. The molecule has 21 heavy (non-hydrogen) atoms. The van der Waals surface area contributed by atoms with Crippen LogP contribution in [0, 0.1) is 24.4 Å². The molecule has 0 saturated heterocycles. The number of urea groups is 1. The first-order chi connectivity index (χ1) is 9.97. The van der Waals surface area contributed by atoms with E-state index in [1.165, 1.54) is 12.4 Å². The number of benzene rings is 1. The molecule has 2 rings (SSSR count). The van der Waals surface area contributed by atoms with Gasteiger partial charge in [-0.25, -0.2) is 18.0 Å². The molecule has 5 nitrogen and oxygen atoms in total. The molecule has 1 heterocycles. The molecule has 0 fully saturated rings. The fourth-order valence-electron chi connectivity index (χ4n) is 1.47. The average Bonchev–Trinajstić information content (AvgIpc) is 2.47. The van der Waals surface area contributed by atoms with E-state index in [2.05, 4.69) is 20.6 Å². The van der Waals surface area contributed by atoms with E-state index < -0.39 is 29.2 Å². The van der Waals surface area contributed by atoms with E-state index in [0.717, 1.165) is 17.8 Å². The van der Waals surface area contributed by atoms with Crippen molar-refractivity contribution in [1.82, 2.24) is 15.3 Å². The van der Waals surface area contributed by atoms with Gasteiger partial charge in [-0.3, -0.25) is 9.97 Å². The van der Waals surface area contributed by atoms with Crippen molar-refractivity contribution >= 4 is 11.7 Å². The lowest BCUT2D eigenvalue weighted by molar-refractivity contribution is 0.251. The van der Waals surface area contributed by atoms with Crippen LogP contribution in [0.15, 0.2) is 24.5 Å². The molecule has 0 radical (unpaired) electrons. The summed E-state index contributed by atoms with van der Waals surface area (Å²) in [5.74, 6) is -4.43. The number of rotatable bonds is 3. The quantitative estimate of drug-likeness (QED) is 0.855. The third-order valence-corrected chi connectivity index (χ3v) is 2.55. The Labute approximate surface area is 118 Å². The topological polar surface area (TPSA) is 66.9 Å². The minimum absolute atomic E-state index is 0.0599. The molecule has 8 heteroatoms. The number of carbonyl (C=O) groups excluding carboxylic acids is 1. The highest BCUT2D eigenvalue weighted by Gasteiger charge is 2.15. The molecule has 0 spiro atoms. The Morgan fingerprint density at radius 3 is 2.57 bits per heavy atom. The lowest BCUT2D eigenvalue weighted by Crippen LogP contribution is -2.29. The Hall–Kier alpha value is -2.64. The van der Waals surface area contributed by atoms with E-state index in [-0.39, 0.29) is 6.54 Å². The van der Waals surface area contributed by atoms with E-state index in [9.17, 15) is 18.0 Å². The minimum atomic E-state index is -1.64. The van der Waals surface area contributed by atoms with E-state index >= 15 is 0 Å². The molecular weight excluding hydrogens is 285 g/mol. The number of hydrogen-bond acceptors (Lipinski definition) is 3. The number of aryl methyl sites for hydroxylation is 1. The van der Waals surface area contributed by atoms with Crippen LogP contribution in [0.25, 0.3) is 0 Å². The molecule has 0 aliphatic rings. The molecule has 0 unspecified atom stereocenters. The van der Waals surface area contributed by atoms with Crippen molar-refractivity contribution in [2.75, 3.05) is 5.32 Å².